The highest BCUT2D eigenvalue weighted by Gasteiger charge is 2.17. The lowest BCUT2D eigenvalue weighted by Crippen LogP contribution is -2.15. The van der Waals surface area contributed by atoms with E-state index in [1.54, 1.807) is 13.8 Å². The molecule has 0 N–H and O–H groups in total. The molecule has 0 fully saturated rings. The van der Waals surface area contributed by atoms with Crippen molar-refractivity contribution in [3.63, 3.8) is 0 Å². The van der Waals surface area contributed by atoms with E-state index < -0.39 is 0 Å². The molecule has 4 nitrogen and oxygen atoms in total. The molecule has 0 aromatic heterocycles. The SMILES string of the molecule is CC(C=O)C(C=O)CCCCCC(C=O)C(C)C=O. The molecule has 0 saturated heterocycles. The monoisotopic (exact) mass is 268 g/mol. The summed E-state index contributed by atoms with van der Waals surface area (Å²) in [5.41, 5.74) is 0. The zero-order chi connectivity index (χ0) is 14.7. The third kappa shape index (κ3) is 6.99. The third-order valence-corrected chi connectivity index (χ3v) is 3.70. The van der Waals surface area contributed by atoms with Crippen molar-refractivity contribution in [1.29, 1.82) is 0 Å². The van der Waals surface area contributed by atoms with Crippen LogP contribution in [0.3, 0.4) is 0 Å². The highest BCUT2D eigenvalue weighted by Crippen LogP contribution is 2.19. The van der Waals surface area contributed by atoms with Crippen molar-refractivity contribution in [2.24, 2.45) is 23.7 Å². The van der Waals surface area contributed by atoms with Crippen LogP contribution in [0.25, 0.3) is 0 Å². The first kappa shape index (κ1) is 17.7. The molecule has 0 spiro atoms. The predicted molar refractivity (Wildman–Crippen MR) is 72.6 cm³/mol. The van der Waals surface area contributed by atoms with Gasteiger partial charge in [-0.05, 0) is 12.8 Å². The predicted octanol–water partition coefficient (Wildman–Crippen LogP) is 2.24. The minimum atomic E-state index is -0.227. The molecule has 4 unspecified atom stereocenters. The van der Waals surface area contributed by atoms with Gasteiger partial charge >= 0.3 is 0 Å². The fraction of sp³-hybridized carbons (Fsp3) is 0.733. The van der Waals surface area contributed by atoms with Crippen molar-refractivity contribution in [2.45, 2.75) is 46.0 Å². The summed E-state index contributed by atoms with van der Waals surface area (Å²) in [7, 11) is 0. The van der Waals surface area contributed by atoms with Gasteiger partial charge in [0.15, 0.2) is 0 Å². The van der Waals surface area contributed by atoms with Crippen LogP contribution in [0.2, 0.25) is 0 Å². The first-order valence-electron chi connectivity index (χ1n) is 6.91. The van der Waals surface area contributed by atoms with Gasteiger partial charge in [0.25, 0.3) is 0 Å². The smallest absolute Gasteiger partial charge is 0.123 e. The summed E-state index contributed by atoms with van der Waals surface area (Å²) in [6.07, 6.45) is 7.37. The van der Waals surface area contributed by atoms with Crippen molar-refractivity contribution < 1.29 is 19.2 Å². The number of hydrogen-bond donors (Lipinski definition) is 0. The second-order valence-electron chi connectivity index (χ2n) is 5.23. The minimum absolute atomic E-state index is 0.201. The molecule has 0 heterocycles. The Bertz CT molecular complexity index is 260. The maximum atomic E-state index is 10.8. The Morgan fingerprint density at radius 3 is 1.26 bits per heavy atom. The van der Waals surface area contributed by atoms with Gasteiger partial charge in [-0.15, -0.1) is 0 Å². The molecular weight excluding hydrogens is 244 g/mol. The molecule has 19 heavy (non-hydrogen) atoms. The van der Waals surface area contributed by atoms with E-state index >= 15 is 0 Å². The van der Waals surface area contributed by atoms with Gasteiger partial charge in [0.05, 0.1) is 0 Å². The standard InChI is InChI=1S/C15H24O4/c1-12(8-16)14(10-18)6-4-3-5-7-15(11-19)13(2)9-17/h8-15H,3-7H2,1-2H3. The summed E-state index contributed by atoms with van der Waals surface area (Å²) < 4.78 is 0. The van der Waals surface area contributed by atoms with Crippen molar-refractivity contribution in [3.8, 4) is 0 Å². The summed E-state index contributed by atoms with van der Waals surface area (Å²) in [4.78, 5) is 42.8. The normalized spacial score (nSPS) is 16.9. The molecule has 4 atom stereocenters. The quantitative estimate of drug-likeness (QED) is 0.402. The van der Waals surface area contributed by atoms with E-state index in [9.17, 15) is 19.2 Å². The van der Waals surface area contributed by atoms with E-state index in [-0.39, 0.29) is 23.7 Å². The van der Waals surface area contributed by atoms with E-state index in [1.807, 2.05) is 0 Å². The van der Waals surface area contributed by atoms with Crippen molar-refractivity contribution in [2.75, 3.05) is 0 Å². The highest BCUT2D eigenvalue weighted by atomic mass is 16.1. The highest BCUT2D eigenvalue weighted by molar-refractivity contribution is 5.64. The van der Waals surface area contributed by atoms with Crippen LogP contribution in [0, 0.1) is 23.7 Å². The van der Waals surface area contributed by atoms with Crippen LogP contribution < -0.4 is 0 Å². The van der Waals surface area contributed by atoms with Crippen LogP contribution in [-0.4, -0.2) is 25.1 Å². The molecule has 0 rings (SSSR count). The average Bonchev–Trinajstić information content (AvgIpc) is 2.45. The molecule has 0 aliphatic rings. The molecule has 0 bridgehead atoms. The third-order valence-electron chi connectivity index (χ3n) is 3.70. The van der Waals surface area contributed by atoms with Crippen LogP contribution in [0.1, 0.15) is 46.0 Å². The van der Waals surface area contributed by atoms with E-state index in [0.717, 1.165) is 44.4 Å². The van der Waals surface area contributed by atoms with E-state index in [1.165, 1.54) is 0 Å². The molecule has 0 aliphatic carbocycles. The lowest BCUT2D eigenvalue weighted by molar-refractivity contribution is -0.119. The minimum Gasteiger partial charge on any atom is -0.303 e. The Morgan fingerprint density at radius 2 is 1.00 bits per heavy atom. The Balaban J connectivity index is 3.85. The van der Waals surface area contributed by atoms with E-state index in [0.29, 0.717) is 12.8 Å². The van der Waals surface area contributed by atoms with Crippen LogP contribution in [-0.2, 0) is 19.2 Å². The molecule has 0 aromatic carbocycles. The van der Waals surface area contributed by atoms with E-state index in [4.69, 9.17) is 0 Å². The second kappa shape index (κ2) is 10.6. The summed E-state index contributed by atoms with van der Waals surface area (Å²) in [5.74, 6) is -0.854. The van der Waals surface area contributed by atoms with Crippen LogP contribution in [0.15, 0.2) is 0 Å². The van der Waals surface area contributed by atoms with Crippen molar-refractivity contribution >= 4 is 25.1 Å². The first-order valence-corrected chi connectivity index (χ1v) is 6.91. The molecular formula is C15H24O4. The van der Waals surface area contributed by atoms with Gasteiger partial charge < -0.3 is 19.2 Å². The molecule has 0 aliphatic heterocycles. The second-order valence-corrected chi connectivity index (χ2v) is 5.23. The lowest BCUT2D eigenvalue weighted by Gasteiger charge is -2.14. The molecule has 4 heteroatoms. The zero-order valence-corrected chi connectivity index (χ0v) is 11.8. The maximum Gasteiger partial charge on any atom is 0.123 e. The number of carbonyl (C=O) groups excluding carboxylic acids is 4. The number of carbonyl (C=O) groups is 4. The molecule has 108 valence electrons. The summed E-state index contributed by atoms with van der Waals surface area (Å²) in [5, 5.41) is 0. The first-order chi connectivity index (χ1) is 9.10. The average molecular weight is 268 g/mol. The maximum absolute atomic E-state index is 10.8. The summed E-state index contributed by atoms with van der Waals surface area (Å²) in [6, 6.07) is 0. The van der Waals surface area contributed by atoms with Gasteiger partial charge in [-0.2, -0.15) is 0 Å². The van der Waals surface area contributed by atoms with Crippen LogP contribution >= 0.6 is 0 Å². The Labute approximate surface area is 114 Å². The van der Waals surface area contributed by atoms with Crippen LogP contribution in [0.5, 0.6) is 0 Å². The van der Waals surface area contributed by atoms with Crippen molar-refractivity contribution in [1.82, 2.24) is 0 Å². The Morgan fingerprint density at radius 1 is 0.632 bits per heavy atom. The fourth-order valence-electron chi connectivity index (χ4n) is 2.05. The van der Waals surface area contributed by atoms with Gasteiger partial charge in [-0.3, -0.25) is 0 Å². The van der Waals surface area contributed by atoms with Gasteiger partial charge in [-0.1, -0.05) is 33.1 Å². The summed E-state index contributed by atoms with van der Waals surface area (Å²) in [6.45, 7) is 3.50. The fourth-order valence-corrected chi connectivity index (χ4v) is 2.05. The molecule has 0 amide bonds. The molecule has 0 aromatic rings. The number of aldehydes is 4. The number of hydrogen-bond acceptors (Lipinski definition) is 4. The zero-order valence-electron chi connectivity index (χ0n) is 11.8. The Hall–Kier alpha value is -1.32. The van der Waals surface area contributed by atoms with Gasteiger partial charge in [0.1, 0.15) is 25.1 Å². The van der Waals surface area contributed by atoms with Crippen LogP contribution in [0.4, 0.5) is 0 Å². The van der Waals surface area contributed by atoms with Crippen molar-refractivity contribution in [3.05, 3.63) is 0 Å². The number of unbranched alkanes of at least 4 members (excludes halogenated alkanes) is 2. The topological polar surface area (TPSA) is 68.3 Å². The lowest BCUT2D eigenvalue weighted by atomic mass is 9.89. The van der Waals surface area contributed by atoms with E-state index in [2.05, 4.69) is 0 Å². The Kier molecular flexibility index (Phi) is 9.85. The molecule has 0 saturated carbocycles. The largest absolute Gasteiger partial charge is 0.303 e. The van der Waals surface area contributed by atoms with Gasteiger partial charge in [0.2, 0.25) is 0 Å². The molecule has 0 radical (unpaired) electrons. The summed E-state index contributed by atoms with van der Waals surface area (Å²) >= 11 is 0. The van der Waals surface area contributed by atoms with Gasteiger partial charge in [-0.25, -0.2) is 0 Å². The van der Waals surface area contributed by atoms with Gasteiger partial charge in [0, 0.05) is 23.7 Å². The number of rotatable bonds is 12.